The molecule has 0 fully saturated rings. The van der Waals surface area contributed by atoms with Gasteiger partial charge in [-0.15, -0.1) is 0 Å². The summed E-state index contributed by atoms with van der Waals surface area (Å²) in [6, 6.07) is 9.09. The molecule has 0 saturated carbocycles. The first-order valence-corrected chi connectivity index (χ1v) is 6.35. The van der Waals surface area contributed by atoms with Gasteiger partial charge in [0.25, 0.3) is 0 Å². The number of benzene rings is 1. The molecule has 0 spiro atoms. The standard InChI is InChI=1S/C13H11IO4/c1-8-12(13(15)16)6-11(18-8)7-17-10-4-2-3-9(14)5-10/h2-6H,7H2,1H3,(H,15,16). The third-order valence-corrected chi connectivity index (χ3v) is 3.05. The molecule has 18 heavy (non-hydrogen) atoms. The van der Waals surface area contributed by atoms with Crippen molar-refractivity contribution in [2.45, 2.75) is 13.5 Å². The monoisotopic (exact) mass is 358 g/mol. The van der Waals surface area contributed by atoms with Crippen molar-refractivity contribution in [1.82, 2.24) is 0 Å². The molecule has 0 radical (unpaired) electrons. The van der Waals surface area contributed by atoms with Gasteiger partial charge in [0.1, 0.15) is 29.4 Å². The molecule has 1 aromatic heterocycles. The molecule has 94 valence electrons. The molecule has 1 N–H and O–H groups in total. The van der Waals surface area contributed by atoms with E-state index in [4.69, 9.17) is 14.3 Å². The Labute approximate surface area is 118 Å². The lowest BCUT2D eigenvalue weighted by molar-refractivity contribution is 0.0695. The molecule has 0 atom stereocenters. The third kappa shape index (κ3) is 3.04. The smallest absolute Gasteiger partial charge is 0.339 e. The summed E-state index contributed by atoms with van der Waals surface area (Å²) >= 11 is 2.20. The van der Waals surface area contributed by atoms with E-state index in [1.807, 2.05) is 24.3 Å². The number of rotatable bonds is 4. The largest absolute Gasteiger partial charge is 0.486 e. The Kier molecular flexibility index (Phi) is 3.90. The zero-order chi connectivity index (χ0) is 13.1. The van der Waals surface area contributed by atoms with Gasteiger partial charge in [-0.1, -0.05) is 6.07 Å². The summed E-state index contributed by atoms with van der Waals surface area (Å²) < 4.78 is 11.9. The molecule has 0 aliphatic heterocycles. The number of furan rings is 1. The predicted molar refractivity (Wildman–Crippen MR) is 73.9 cm³/mol. The Hall–Kier alpha value is -1.50. The van der Waals surface area contributed by atoms with E-state index >= 15 is 0 Å². The lowest BCUT2D eigenvalue weighted by Gasteiger charge is -2.03. The molecule has 2 aromatic rings. The fraction of sp³-hybridized carbons (Fsp3) is 0.154. The normalized spacial score (nSPS) is 10.3. The molecule has 0 aliphatic rings. The van der Waals surface area contributed by atoms with E-state index < -0.39 is 5.97 Å². The van der Waals surface area contributed by atoms with E-state index in [0.717, 1.165) is 9.32 Å². The van der Waals surface area contributed by atoms with E-state index in [0.29, 0.717) is 11.5 Å². The van der Waals surface area contributed by atoms with Crippen molar-refractivity contribution in [2.75, 3.05) is 0 Å². The second-order valence-electron chi connectivity index (χ2n) is 3.73. The highest BCUT2D eigenvalue weighted by Gasteiger charge is 2.13. The summed E-state index contributed by atoms with van der Waals surface area (Å²) in [5.41, 5.74) is 0.177. The molecule has 5 heteroatoms. The predicted octanol–water partition coefficient (Wildman–Crippen LogP) is 3.47. The van der Waals surface area contributed by atoms with Crippen LogP contribution in [0.5, 0.6) is 5.75 Å². The Bertz CT molecular complexity index is 574. The number of halogens is 1. The molecule has 0 unspecified atom stereocenters. The van der Waals surface area contributed by atoms with Gasteiger partial charge in [-0.2, -0.15) is 0 Å². The number of ether oxygens (including phenoxy) is 1. The number of aromatic carboxylic acids is 1. The number of aryl methyl sites for hydroxylation is 1. The fourth-order valence-corrected chi connectivity index (χ4v) is 2.05. The van der Waals surface area contributed by atoms with E-state index in [1.165, 1.54) is 6.07 Å². The Morgan fingerprint density at radius 1 is 1.44 bits per heavy atom. The maximum atomic E-state index is 10.9. The zero-order valence-corrected chi connectivity index (χ0v) is 11.8. The summed E-state index contributed by atoms with van der Waals surface area (Å²) in [5.74, 6) is 0.636. The second kappa shape index (κ2) is 5.43. The lowest BCUT2D eigenvalue weighted by atomic mass is 10.2. The third-order valence-electron chi connectivity index (χ3n) is 2.38. The van der Waals surface area contributed by atoms with Gasteiger partial charge in [0, 0.05) is 3.57 Å². The van der Waals surface area contributed by atoms with Crippen LogP contribution in [0.1, 0.15) is 21.9 Å². The first kappa shape index (κ1) is 12.9. The number of carboxylic acids is 1. The first-order valence-electron chi connectivity index (χ1n) is 5.27. The molecule has 1 aromatic carbocycles. The molecule has 0 amide bonds. The average molecular weight is 358 g/mol. The quantitative estimate of drug-likeness (QED) is 0.851. The molecule has 4 nitrogen and oxygen atoms in total. The average Bonchev–Trinajstić information content (AvgIpc) is 2.68. The van der Waals surface area contributed by atoms with Crippen LogP contribution in [0, 0.1) is 10.5 Å². The SMILES string of the molecule is Cc1oc(COc2cccc(I)c2)cc1C(=O)O. The van der Waals surface area contributed by atoms with E-state index in [9.17, 15) is 4.79 Å². The summed E-state index contributed by atoms with van der Waals surface area (Å²) in [4.78, 5) is 10.9. The highest BCUT2D eigenvalue weighted by Crippen LogP contribution is 2.19. The summed E-state index contributed by atoms with van der Waals surface area (Å²) in [6.45, 7) is 1.84. The maximum Gasteiger partial charge on any atom is 0.339 e. The molecule has 0 bridgehead atoms. The minimum Gasteiger partial charge on any atom is -0.486 e. The Morgan fingerprint density at radius 3 is 2.83 bits per heavy atom. The topological polar surface area (TPSA) is 59.7 Å². The lowest BCUT2D eigenvalue weighted by Crippen LogP contribution is -1.96. The van der Waals surface area contributed by atoms with Crippen LogP contribution in [-0.2, 0) is 6.61 Å². The minimum atomic E-state index is -0.989. The molecular weight excluding hydrogens is 347 g/mol. The van der Waals surface area contributed by atoms with Gasteiger partial charge in [0.2, 0.25) is 0 Å². The summed E-state index contributed by atoms with van der Waals surface area (Å²) in [7, 11) is 0. The molecular formula is C13H11IO4. The van der Waals surface area contributed by atoms with Crippen molar-refractivity contribution in [3.8, 4) is 5.75 Å². The van der Waals surface area contributed by atoms with Crippen LogP contribution in [-0.4, -0.2) is 11.1 Å². The zero-order valence-electron chi connectivity index (χ0n) is 9.64. The van der Waals surface area contributed by atoms with Crippen LogP contribution in [0.25, 0.3) is 0 Å². The van der Waals surface area contributed by atoms with Crippen LogP contribution >= 0.6 is 22.6 Å². The first-order chi connectivity index (χ1) is 8.56. The van der Waals surface area contributed by atoms with Crippen LogP contribution in [0.3, 0.4) is 0 Å². The second-order valence-corrected chi connectivity index (χ2v) is 4.98. The number of hydrogen-bond donors (Lipinski definition) is 1. The maximum absolute atomic E-state index is 10.9. The van der Waals surface area contributed by atoms with E-state index in [-0.39, 0.29) is 12.2 Å². The molecule has 1 heterocycles. The van der Waals surface area contributed by atoms with Crippen molar-refractivity contribution in [2.24, 2.45) is 0 Å². The summed E-state index contributed by atoms with van der Waals surface area (Å²) in [6.07, 6.45) is 0. The van der Waals surface area contributed by atoms with Gasteiger partial charge in [-0.05, 0) is 53.8 Å². The Morgan fingerprint density at radius 2 is 2.22 bits per heavy atom. The van der Waals surface area contributed by atoms with Gasteiger partial charge in [-0.3, -0.25) is 0 Å². The Balaban J connectivity index is 2.06. The molecule has 0 saturated heterocycles. The van der Waals surface area contributed by atoms with Gasteiger partial charge >= 0.3 is 5.97 Å². The minimum absolute atomic E-state index is 0.177. The summed E-state index contributed by atoms with van der Waals surface area (Å²) in [5, 5.41) is 8.90. The van der Waals surface area contributed by atoms with Gasteiger partial charge in [0.15, 0.2) is 0 Å². The van der Waals surface area contributed by atoms with Gasteiger partial charge in [0.05, 0.1) is 0 Å². The fourth-order valence-electron chi connectivity index (χ4n) is 1.54. The van der Waals surface area contributed by atoms with E-state index in [2.05, 4.69) is 22.6 Å². The van der Waals surface area contributed by atoms with Crippen LogP contribution in [0.4, 0.5) is 0 Å². The van der Waals surface area contributed by atoms with Crippen molar-refractivity contribution in [1.29, 1.82) is 0 Å². The van der Waals surface area contributed by atoms with Crippen LogP contribution in [0.15, 0.2) is 34.7 Å². The number of carbonyl (C=O) groups is 1. The van der Waals surface area contributed by atoms with Crippen LogP contribution < -0.4 is 4.74 Å². The molecule has 0 aliphatic carbocycles. The van der Waals surface area contributed by atoms with Crippen molar-refractivity contribution in [3.05, 3.63) is 51.0 Å². The highest BCUT2D eigenvalue weighted by molar-refractivity contribution is 14.1. The highest BCUT2D eigenvalue weighted by atomic mass is 127. The van der Waals surface area contributed by atoms with Gasteiger partial charge in [-0.25, -0.2) is 4.79 Å². The van der Waals surface area contributed by atoms with Crippen molar-refractivity contribution < 1.29 is 19.1 Å². The van der Waals surface area contributed by atoms with Crippen LogP contribution in [0.2, 0.25) is 0 Å². The van der Waals surface area contributed by atoms with Crippen molar-refractivity contribution >= 4 is 28.6 Å². The van der Waals surface area contributed by atoms with Crippen molar-refractivity contribution in [3.63, 3.8) is 0 Å². The van der Waals surface area contributed by atoms with Gasteiger partial charge < -0.3 is 14.3 Å². The molecule has 2 rings (SSSR count). The van der Waals surface area contributed by atoms with E-state index in [1.54, 1.807) is 6.92 Å². The number of hydrogen-bond acceptors (Lipinski definition) is 3. The number of carboxylic acid groups (broad SMARTS) is 1.